The van der Waals surface area contributed by atoms with Crippen molar-refractivity contribution >= 4 is 0 Å². The van der Waals surface area contributed by atoms with Gasteiger partial charge in [0.2, 0.25) is 0 Å². The first-order valence-corrected chi connectivity index (χ1v) is 6.22. The molecule has 0 aliphatic heterocycles. The molecule has 0 bridgehead atoms. The topological polar surface area (TPSA) is 21.1 Å². The molecule has 0 saturated heterocycles. The summed E-state index contributed by atoms with van der Waals surface area (Å²) in [4.78, 5) is 6.18. The maximum atomic E-state index is 3.98. The molecule has 98 valence electrons. The Bertz CT molecular complexity index is 416. The summed E-state index contributed by atoms with van der Waals surface area (Å²) in [6.45, 7) is 3.10. The van der Waals surface area contributed by atoms with E-state index in [1.807, 2.05) is 24.7 Å². The number of hydrogen-bond acceptors (Lipinski definition) is 2. The molecule has 1 heterocycles. The molecule has 18 heavy (non-hydrogen) atoms. The van der Waals surface area contributed by atoms with Gasteiger partial charge in [0.1, 0.15) is 5.82 Å². The third kappa shape index (κ3) is 5.64. The highest BCUT2D eigenvalue weighted by Gasteiger charge is 1.91. The molecule has 0 saturated carbocycles. The lowest BCUT2D eigenvalue weighted by atomic mass is 10.1. The number of rotatable bonds is 3. The molecule has 0 atom stereocenters. The van der Waals surface area contributed by atoms with E-state index >= 15 is 0 Å². The average molecular weight is 245 g/mol. The SMILES string of the molecule is CN(C)CCc1ccccc1.Cc1nccn1C. The van der Waals surface area contributed by atoms with E-state index in [1.165, 1.54) is 5.56 Å². The second kappa shape index (κ2) is 7.67. The molecule has 0 N–H and O–H groups in total. The third-order valence-corrected chi connectivity index (χ3v) is 2.75. The highest BCUT2D eigenvalue weighted by atomic mass is 15.0. The minimum absolute atomic E-state index is 1.06. The van der Waals surface area contributed by atoms with Crippen molar-refractivity contribution in [1.82, 2.24) is 14.5 Å². The van der Waals surface area contributed by atoms with Crippen LogP contribution in [0.25, 0.3) is 0 Å². The maximum absolute atomic E-state index is 3.98. The van der Waals surface area contributed by atoms with Crippen LogP contribution in [-0.2, 0) is 13.5 Å². The van der Waals surface area contributed by atoms with Crippen LogP contribution >= 0.6 is 0 Å². The van der Waals surface area contributed by atoms with Crippen molar-refractivity contribution in [2.45, 2.75) is 13.3 Å². The Balaban J connectivity index is 0.000000199. The van der Waals surface area contributed by atoms with Gasteiger partial charge in [-0.25, -0.2) is 4.98 Å². The van der Waals surface area contributed by atoms with E-state index in [2.05, 4.69) is 54.3 Å². The van der Waals surface area contributed by atoms with Gasteiger partial charge in [-0.05, 0) is 33.0 Å². The molecule has 3 heteroatoms. The fraction of sp³-hybridized carbons (Fsp3) is 0.400. The van der Waals surface area contributed by atoms with Crippen molar-refractivity contribution in [2.24, 2.45) is 7.05 Å². The zero-order valence-corrected chi connectivity index (χ0v) is 11.8. The largest absolute Gasteiger partial charge is 0.338 e. The Morgan fingerprint density at radius 3 is 2.22 bits per heavy atom. The van der Waals surface area contributed by atoms with Gasteiger partial charge in [0, 0.05) is 26.0 Å². The molecule has 1 aromatic heterocycles. The van der Waals surface area contributed by atoms with E-state index < -0.39 is 0 Å². The Kier molecular flexibility index (Phi) is 6.15. The number of aryl methyl sites for hydroxylation is 2. The molecule has 1 aromatic carbocycles. The Hall–Kier alpha value is -1.61. The second-order valence-electron chi connectivity index (χ2n) is 4.62. The van der Waals surface area contributed by atoms with E-state index in [0.29, 0.717) is 0 Å². The normalized spacial score (nSPS) is 10.1. The van der Waals surface area contributed by atoms with Gasteiger partial charge in [0.25, 0.3) is 0 Å². The van der Waals surface area contributed by atoms with E-state index in [4.69, 9.17) is 0 Å². The van der Waals surface area contributed by atoms with Crippen LogP contribution in [0, 0.1) is 6.92 Å². The number of likely N-dealkylation sites (N-methyl/N-ethyl adjacent to an activating group) is 1. The van der Waals surface area contributed by atoms with Crippen LogP contribution in [0.15, 0.2) is 42.7 Å². The van der Waals surface area contributed by atoms with Crippen molar-refractivity contribution in [1.29, 1.82) is 0 Å². The second-order valence-corrected chi connectivity index (χ2v) is 4.62. The van der Waals surface area contributed by atoms with Crippen molar-refractivity contribution < 1.29 is 0 Å². The summed E-state index contributed by atoms with van der Waals surface area (Å²) in [5.74, 6) is 1.06. The Morgan fingerprint density at radius 2 is 1.83 bits per heavy atom. The fourth-order valence-electron chi connectivity index (χ4n) is 1.44. The molecule has 2 rings (SSSR count). The van der Waals surface area contributed by atoms with Gasteiger partial charge in [-0.1, -0.05) is 30.3 Å². The highest BCUT2D eigenvalue weighted by molar-refractivity contribution is 5.14. The Labute approximate surface area is 110 Å². The summed E-state index contributed by atoms with van der Waals surface area (Å²) in [5.41, 5.74) is 1.42. The first-order valence-electron chi connectivity index (χ1n) is 6.22. The van der Waals surface area contributed by atoms with Gasteiger partial charge < -0.3 is 9.47 Å². The van der Waals surface area contributed by atoms with Crippen molar-refractivity contribution in [2.75, 3.05) is 20.6 Å². The van der Waals surface area contributed by atoms with Gasteiger partial charge in [0.15, 0.2) is 0 Å². The summed E-state index contributed by atoms with van der Waals surface area (Å²) >= 11 is 0. The number of hydrogen-bond donors (Lipinski definition) is 0. The van der Waals surface area contributed by atoms with Gasteiger partial charge in [-0.15, -0.1) is 0 Å². The van der Waals surface area contributed by atoms with Gasteiger partial charge in [-0.2, -0.15) is 0 Å². The van der Waals surface area contributed by atoms with Crippen LogP contribution in [0.1, 0.15) is 11.4 Å². The van der Waals surface area contributed by atoms with Crippen LogP contribution in [0.5, 0.6) is 0 Å². The number of nitrogens with zero attached hydrogens (tertiary/aromatic N) is 3. The van der Waals surface area contributed by atoms with Gasteiger partial charge in [0.05, 0.1) is 0 Å². The van der Waals surface area contributed by atoms with Crippen LogP contribution < -0.4 is 0 Å². The molecule has 0 aliphatic rings. The zero-order chi connectivity index (χ0) is 13.4. The van der Waals surface area contributed by atoms with Crippen molar-refractivity contribution in [3.63, 3.8) is 0 Å². The first-order chi connectivity index (χ1) is 8.59. The summed E-state index contributed by atoms with van der Waals surface area (Å²) in [7, 11) is 6.17. The molecule has 0 aliphatic carbocycles. The molecule has 3 nitrogen and oxygen atoms in total. The molecule has 0 amide bonds. The standard InChI is InChI=1S/C10H15N.C5H8N2/c1-11(2)9-8-10-6-4-3-5-7-10;1-5-6-3-4-7(5)2/h3-7H,8-9H2,1-2H3;3-4H,1-2H3. The zero-order valence-electron chi connectivity index (χ0n) is 11.8. The van der Waals surface area contributed by atoms with Gasteiger partial charge in [-0.3, -0.25) is 0 Å². The minimum Gasteiger partial charge on any atom is -0.338 e. The average Bonchev–Trinajstić information content (AvgIpc) is 2.73. The number of benzene rings is 1. The smallest absolute Gasteiger partial charge is 0.105 e. The lowest BCUT2D eigenvalue weighted by Crippen LogP contribution is -2.14. The van der Waals surface area contributed by atoms with E-state index in [0.717, 1.165) is 18.8 Å². The highest BCUT2D eigenvalue weighted by Crippen LogP contribution is 1.99. The van der Waals surface area contributed by atoms with E-state index in [1.54, 1.807) is 6.20 Å². The van der Waals surface area contributed by atoms with Gasteiger partial charge >= 0.3 is 0 Å². The monoisotopic (exact) mass is 245 g/mol. The summed E-state index contributed by atoms with van der Waals surface area (Å²) in [5, 5.41) is 0. The van der Waals surface area contributed by atoms with Crippen molar-refractivity contribution in [3.05, 3.63) is 54.1 Å². The quantitative estimate of drug-likeness (QED) is 0.828. The summed E-state index contributed by atoms with van der Waals surface area (Å²) in [6, 6.07) is 10.6. The van der Waals surface area contributed by atoms with Crippen molar-refractivity contribution in [3.8, 4) is 0 Å². The van der Waals surface area contributed by atoms with Crippen LogP contribution in [-0.4, -0.2) is 35.1 Å². The molecule has 0 unspecified atom stereocenters. The van der Waals surface area contributed by atoms with E-state index in [9.17, 15) is 0 Å². The fourth-order valence-corrected chi connectivity index (χ4v) is 1.44. The molecule has 2 aromatic rings. The molecule has 0 spiro atoms. The molecule has 0 radical (unpaired) electrons. The van der Waals surface area contributed by atoms with Crippen LogP contribution in [0.3, 0.4) is 0 Å². The number of aromatic nitrogens is 2. The maximum Gasteiger partial charge on any atom is 0.105 e. The molecular formula is C15H23N3. The lowest BCUT2D eigenvalue weighted by molar-refractivity contribution is 0.413. The van der Waals surface area contributed by atoms with Crippen LogP contribution in [0.4, 0.5) is 0 Å². The molecule has 0 fully saturated rings. The minimum atomic E-state index is 1.06. The number of imidazole rings is 1. The van der Waals surface area contributed by atoms with Crippen LogP contribution in [0.2, 0.25) is 0 Å². The lowest BCUT2D eigenvalue weighted by Gasteiger charge is -2.08. The molecular weight excluding hydrogens is 222 g/mol. The Morgan fingerprint density at radius 1 is 1.17 bits per heavy atom. The summed E-state index contributed by atoms with van der Waals surface area (Å²) in [6.07, 6.45) is 4.86. The predicted octanol–water partition coefficient (Wildman–Crippen LogP) is 2.52. The summed E-state index contributed by atoms with van der Waals surface area (Å²) < 4.78 is 1.97. The van der Waals surface area contributed by atoms with E-state index in [-0.39, 0.29) is 0 Å². The first kappa shape index (κ1) is 14.5. The predicted molar refractivity (Wildman–Crippen MR) is 76.6 cm³/mol. The third-order valence-electron chi connectivity index (χ3n) is 2.75.